The van der Waals surface area contributed by atoms with Crippen molar-refractivity contribution < 1.29 is 0 Å². The minimum Gasteiger partial charge on any atom is -0.346 e. The minimum atomic E-state index is 0.526. The summed E-state index contributed by atoms with van der Waals surface area (Å²) in [6.45, 7) is 5.29. The first-order chi connectivity index (χ1) is 8.59. The van der Waals surface area contributed by atoms with E-state index in [-0.39, 0.29) is 0 Å². The molecule has 2 rings (SSSR count). The van der Waals surface area contributed by atoms with Crippen LogP contribution in [0, 0.1) is 6.92 Å². The zero-order valence-electron chi connectivity index (χ0n) is 10.9. The highest BCUT2D eigenvalue weighted by Crippen LogP contribution is 2.24. The van der Waals surface area contributed by atoms with Gasteiger partial charge in [0.15, 0.2) is 5.11 Å². The van der Waals surface area contributed by atoms with Crippen molar-refractivity contribution in [2.24, 2.45) is 0 Å². The number of anilines is 1. The van der Waals surface area contributed by atoms with E-state index in [1.54, 1.807) is 0 Å². The quantitative estimate of drug-likeness (QED) is 0.777. The van der Waals surface area contributed by atoms with Crippen LogP contribution in [0.25, 0.3) is 0 Å². The topological polar surface area (TPSA) is 15.3 Å². The summed E-state index contributed by atoms with van der Waals surface area (Å²) in [7, 11) is 0. The number of hydrogen-bond donors (Lipinski definition) is 1. The predicted molar refractivity (Wildman–Crippen MR) is 82.4 cm³/mol. The van der Waals surface area contributed by atoms with Gasteiger partial charge in [-0.3, -0.25) is 0 Å². The molecule has 4 heteroatoms. The largest absolute Gasteiger partial charge is 0.346 e. The number of likely N-dealkylation sites (tertiary alicyclic amines) is 1. The summed E-state index contributed by atoms with van der Waals surface area (Å²) in [5.74, 6) is 0. The molecule has 0 spiro atoms. The van der Waals surface area contributed by atoms with Gasteiger partial charge in [0.25, 0.3) is 0 Å². The highest BCUT2D eigenvalue weighted by atomic mass is 35.5. The molecule has 1 aromatic rings. The van der Waals surface area contributed by atoms with E-state index in [1.165, 1.54) is 19.3 Å². The maximum Gasteiger partial charge on any atom is 0.173 e. The van der Waals surface area contributed by atoms with Crippen LogP contribution in [0.15, 0.2) is 18.2 Å². The monoisotopic (exact) mass is 282 g/mol. The van der Waals surface area contributed by atoms with E-state index in [9.17, 15) is 0 Å². The van der Waals surface area contributed by atoms with Crippen LogP contribution in [-0.4, -0.2) is 22.6 Å². The molecular weight excluding hydrogens is 264 g/mol. The first-order valence-electron chi connectivity index (χ1n) is 6.42. The number of piperidine rings is 1. The maximum absolute atomic E-state index is 6.11. The standard InChI is InChI=1S/C14H19ClN2S/c1-10-6-3-4-9-17(10)14(18)16-13-8-5-7-12(15)11(13)2/h5,7-8,10H,3-4,6,9H2,1-2H3,(H,16,18)/t10-/m0/s1. The van der Waals surface area contributed by atoms with Crippen molar-refractivity contribution in [1.82, 2.24) is 4.90 Å². The molecule has 0 radical (unpaired) electrons. The lowest BCUT2D eigenvalue weighted by atomic mass is 10.0. The average molecular weight is 283 g/mol. The lowest BCUT2D eigenvalue weighted by molar-refractivity contribution is 0.262. The van der Waals surface area contributed by atoms with Gasteiger partial charge >= 0.3 is 0 Å². The minimum absolute atomic E-state index is 0.526. The number of benzene rings is 1. The lowest BCUT2D eigenvalue weighted by Gasteiger charge is -2.35. The molecule has 0 unspecified atom stereocenters. The Morgan fingerprint density at radius 1 is 1.44 bits per heavy atom. The molecule has 1 aliphatic heterocycles. The van der Waals surface area contributed by atoms with Gasteiger partial charge < -0.3 is 10.2 Å². The number of halogens is 1. The van der Waals surface area contributed by atoms with Gasteiger partial charge in [0, 0.05) is 23.3 Å². The van der Waals surface area contributed by atoms with E-state index in [2.05, 4.69) is 17.1 Å². The molecule has 1 atom stereocenters. The number of thiocarbonyl (C=S) groups is 1. The molecule has 1 aliphatic rings. The second-order valence-electron chi connectivity index (χ2n) is 4.88. The van der Waals surface area contributed by atoms with Crippen LogP contribution in [0.1, 0.15) is 31.7 Å². The van der Waals surface area contributed by atoms with Gasteiger partial charge in [0.2, 0.25) is 0 Å². The highest BCUT2D eigenvalue weighted by Gasteiger charge is 2.20. The molecule has 1 saturated heterocycles. The number of nitrogens with zero attached hydrogens (tertiary/aromatic N) is 1. The summed E-state index contributed by atoms with van der Waals surface area (Å²) in [6.07, 6.45) is 3.74. The fraction of sp³-hybridized carbons (Fsp3) is 0.500. The highest BCUT2D eigenvalue weighted by molar-refractivity contribution is 7.80. The van der Waals surface area contributed by atoms with Crippen molar-refractivity contribution in [3.8, 4) is 0 Å². The lowest BCUT2D eigenvalue weighted by Crippen LogP contribution is -2.44. The van der Waals surface area contributed by atoms with Gasteiger partial charge in [-0.05, 0) is 63.0 Å². The molecule has 98 valence electrons. The SMILES string of the molecule is Cc1c(Cl)cccc1NC(=S)N1CCCC[C@@H]1C. The van der Waals surface area contributed by atoms with Crippen molar-refractivity contribution in [3.05, 3.63) is 28.8 Å². The Morgan fingerprint density at radius 3 is 2.94 bits per heavy atom. The van der Waals surface area contributed by atoms with Crippen molar-refractivity contribution >= 4 is 34.6 Å². The molecule has 0 aromatic heterocycles. The predicted octanol–water partition coefficient (Wildman–Crippen LogP) is 4.22. The van der Waals surface area contributed by atoms with Crippen LogP contribution < -0.4 is 5.32 Å². The fourth-order valence-electron chi connectivity index (χ4n) is 2.33. The van der Waals surface area contributed by atoms with Crippen LogP contribution in [0.2, 0.25) is 5.02 Å². The van der Waals surface area contributed by atoms with E-state index in [4.69, 9.17) is 23.8 Å². The number of hydrogen-bond acceptors (Lipinski definition) is 1. The fourth-order valence-corrected chi connectivity index (χ4v) is 2.89. The Labute approximate surface area is 119 Å². The Kier molecular flexibility index (Phi) is 4.46. The summed E-state index contributed by atoms with van der Waals surface area (Å²) in [6, 6.07) is 6.38. The van der Waals surface area contributed by atoms with E-state index in [1.807, 2.05) is 25.1 Å². The van der Waals surface area contributed by atoms with Crippen molar-refractivity contribution in [1.29, 1.82) is 0 Å². The van der Waals surface area contributed by atoms with Crippen LogP contribution in [0.5, 0.6) is 0 Å². The average Bonchev–Trinajstić information content (AvgIpc) is 2.35. The van der Waals surface area contributed by atoms with Gasteiger partial charge in [-0.25, -0.2) is 0 Å². The van der Waals surface area contributed by atoms with E-state index in [0.29, 0.717) is 6.04 Å². The first kappa shape index (κ1) is 13.6. The maximum atomic E-state index is 6.11. The first-order valence-corrected chi connectivity index (χ1v) is 7.21. The van der Waals surface area contributed by atoms with Crippen molar-refractivity contribution in [2.75, 3.05) is 11.9 Å². The third-order valence-electron chi connectivity index (χ3n) is 3.57. The summed E-state index contributed by atoms with van der Waals surface area (Å²) >= 11 is 11.6. The van der Waals surface area contributed by atoms with Gasteiger partial charge in [-0.15, -0.1) is 0 Å². The molecule has 0 bridgehead atoms. The molecule has 1 fully saturated rings. The Hall–Kier alpha value is -0.800. The molecule has 0 saturated carbocycles. The van der Waals surface area contributed by atoms with Crippen molar-refractivity contribution in [3.63, 3.8) is 0 Å². The number of nitrogens with one attached hydrogen (secondary N) is 1. The Balaban J connectivity index is 2.09. The van der Waals surface area contributed by atoms with Gasteiger partial charge in [0.05, 0.1) is 0 Å². The van der Waals surface area contributed by atoms with E-state index in [0.717, 1.165) is 27.9 Å². The molecule has 2 nitrogen and oxygen atoms in total. The normalized spacial score (nSPS) is 19.7. The zero-order chi connectivity index (χ0) is 13.1. The molecule has 0 aliphatic carbocycles. The van der Waals surface area contributed by atoms with Crippen LogP contribution in [0.3, 0.4) is 0 Å². The number of rotatable bonds is 1. The van der Waals surface area contributed by atoms with E-state index < -0.39 is 0 Å². The molecule has 18 heavy (non-hydrogen) atoms. The molecule has 1 aromatic carbocycles. The second-order valence-corrected chi connectivity index (χ2v) is 5.67. The van der Waals surface area contributed by atoms with Gasteiger partial charge in [0.1, 0.15) is 0 Å². The van der Waals surface area contributed by atoms with Crippen LogP contribution >= 0.6 is 23.8 Å². The summed E-state index contributed by atoms with van der Waals surface area (Å²) in [4.78, 5) is 2.28. The third-order valence-corrected chi connectivity index (χ3v) is 4.32. The summed E-state index contributed by atoms with van der Waals surface area (Å²) in [5, 5.41) is 4.91. The third kappa shape index (κ3) is 2.96. The van der Waals surface area contributed by atoms with E-state index >= 15 is 0 Å². The Bertz CT molecular complexity index is 447. The molecular formula is C14H19ClN2S. The van der Waals surface area contributed by atoms with Gasteiger partial charge in [-0.2, -0.15) is 0 Å². The molecule has 0 amide bonds. The Morgan fingerprint density at radius 2 is 2.22 bits per heavy atom. The smallest absolute Gasteiger partial charge is 0.173 e. The van der Waals surface area contributed by atoms with Crippen molar-refractivity contribution in [2.45, 2.75) is 39.2 Å². The second kappa shape index (κ2) is 5.89. The van der Waals surface area contributed by atoms with Gasteiger partial charge in [-0.1, -0.05) is 17.7 Å². The summed E-state index contributed by atoms with van der Waals surface area (Å²) in [5.41, 5.74) is 2.05. The van der Waals surface area contributed by atoms with Crippen LogP contribution in [0.4, 0.5) is 5.69 Å². The molecule has 1 N–H and O–H groups in total. The summed E-state index contributed by atoms with van der Waals surface area (Å²) < 4.78 is 0. The zero-order valence-corrected chi connectivity index (χ0v) is 12.4. The van der Waals surface area contributed by atoms with Crippen LogP contribution in [-0.2, 0) is 0 Å². The molecule has 1 heterocycles.